The maximum Gasteiger partial charge on any atom is 0.240 e. The van der Waals surface area contributed by atoms with Crippen molar-refractivity contribution in [2.75, 3.05) is 9.80 Å². The van der Waals surface area contributed by atoms with E-state index in [1.165, 1.54) is 44.7 Å². The second kappa shape index (κ2) is 9.47. The number of hydrogen-bond acceptors (Lipinski definition) is 2. The van der Waals surface area contributed by atoms with Gasteiger partial charge in [0.15, 0.2) is 0 Å². The number of anilines is 6. The van der Waals surface area contributed by atoms with E-state index in [4.69, 9.17) is 0 Å². The Kier molecular flexibility index (Phi) is 5.48. The minimum Gasteiger partial charge on any atom is -0.311 e. The monoisotopic (exact) mass is 578 g/mol. The molecule has 0 unspecified atom stereocenters. The highest BCUT2D eigenvalue weighted by molar-refractivity contribution is 7.17. The fourth-order valence-corrected chi connectivity index (χ4v) is 11.7. The standard InChI is InChI=1S/C40H31BN2Si/c1-44(2)37-24-13-12-21-32(37)38-33-22-14-23-35-39(33)41(40(38)44)34-26-25-31(27-36(34)43(35)30-19-10-5-11-20-30)42(28-15-6-3-7-16-28)29-17-8-4-9-18-29/h3-27H,1-2H3. The smallest absolute Gasteiger partial charge is 0.240 e. The maximum atomic E-state index is 2.56. The van der Waals surface area contributed by atoms with E-state index in [1.54, 1.807) is 10.3 Å². The van der Waals surface area contributed by atoms with Crippen LogP contribution >= 0.6 is 0 Å². The molecule has 208 valence electrons. The van der Waals surface area contributed by atoms with Crippen LogP contribution < -0.4 is 25.9 Å². The molecule has 2 nitrogen and oxygen atoms in total. The Bertz CT molecular complexity index is 2070. The lowest BCUT2D eigenvalue weighted by Gasteiger charge is -2.39. The Morgan fingerprint density at radius 3 is 1.86 bits per heavy atom. The summed E-state index contributed by atoms with van der Waals surface area (Å²) in [7, 11) is -1.92. The number of benzene rings is 6. The molecule has 4 heteroatoms. The molecule has 0 spiro atoms. The summed E-state index contributed by atoms with van der Waals surface area (Å²) < 4.78 is 0. The van der Waals surface area contributed by atoms with E-state index in [2.05, 4.69) is 175 Å². The molecule has 0 aliphatic carbocycles. The van der Waals surface area contributed by atoms with Gasteiger partial charge in [-0.3, -0.25) is 0 Å². The van der Waals surface area contributed by atoms with E-state index < -0.39 is 8.07 Å². The van der Waals surface area contributed by atoms with Crippen molar-refractivity contribution in [2.24, 2.45) is 0 Å². The van der Waals surface area contributed by atoms with Crippen LogP contribution in [0.15, 0.2) is 157 Å². The van der Waals surface area contributed by atoms with Crippen LogP contribution in [0.2, 0.25) is 13.1 Å². The van der Waals surface area contributed by atoms with E-state index >= 15 is 0 Å². The van der Waals surface area contributed by atoms with Gasteiger partial charge in [-0.15, -0.1) is 0 Å². The highest BCUT2D eigenvalue weighted by Gasteiger charge is 2.53. The van der Waals surface area contributed by atoms with Gasteiger partial charge >= 0.3 is 0 Å². The quantitative estimate of drug-likeness (QED) is 0.194. The van der Waals surface area contributed by atoms with E-state index in [0.29, 0.717) is 0 Å². The number of rotatable bonds is 4. The SMILES string of the molecule is C[Si]1(C)C2=C(c3ccccc31)c1cccc3c1B2c1ccc(N(c2ccccc2)c2ccccc2)cc1N3c1ccccc1. The Balaban J connectivity index is 1.32. The first-order valence-electron chi connectivity index (χ1n) is 15.5. The Morgan fingerprint density at radius 2 is 1.16 bits per heavy atom. The highest BCUT2D eigenvalue weighted by Crippen LogP contribution is 2.49. The van der Waals surface area contributed by atoms with E-state index in [0.717, 1.165) is 17.1 Å². The molecule has 0 aromatic heterocycles. The zero-order valence-corrected chi connectivity index (χ0v) is 25.9. The lowest BCUT2D eigenvalue weighted by Crippen LogP contribution is -2.57. The van der Waals surface area contributed by atoms with Crippen molar-refractivity contribution < 1.29 is 0 Å². The van der Waals surface area contributed by atoms with Crippen LogP contribution in [-0.4, -0.2) is 14.8 Å². The normalized spacial score (nSPS) is 15.0. The molecule has 6 aromatic rings. The lowest BCUT2D eigenvalue weighted by atomic mass is 9.40. The van der Waals surface area contributed by atoms with Gasteiger partial charge in [0.05, 0.1) is 0 Å². The molecule has 0 saturated carbocycles. The molecule has 0 fully saturated rings. The average molecular weight is 579 g/mol. The first-order chi connectivity index (χ1) is 21.6. The summed E-state index contributed by atoms with van der Waals surface area (Å²) in [6.07, 6.45) is 0. The van der Waals surface area contributed by atoms with Gasteiger partial charge < -0.3 is 9.80 Å². The van der Waals surface area contributed by atoms with Gasteiger partial charge in [0.1, 0.15) is 8.07 Å². The number of fused-ring (bicyclic) bond motifs is 6. The van der Waals surface area contributed by atoms with Gasteiger partial charge in [-0.25, -0.2) is 0 Å². The van der Waals surface area contributed by atoms with E-state index in [9.17, 15) is 0 Å². The molecule has 0 radical (unpaired) electrons. The van der Waals surface area contributed by atoms with Crippen LogP contribution in [0.25, 0.3) is 5.57 Å². The molecule has 0 N–H and O–H groups in total. The summed E-state index contributed by atoms with van der Waals surface area (Å²) in [5, 5.41) is 3.25. The van der Waals surface area contributed by atoms with Crippen LogP contribution in [0.5, 0.6) is 0 Å². The first-order valence-corrected chi connectivity index (χ1v) is 18.5. The van der Waals surface area contributed by atoms with Gasteiger partial charge in [0.2, 0.25) is 6.71 Å². The predicted octanol–water partition coefficient (Wildman–Crippen LogP) is 8.37. The third kappa shape index (κ3) is 3.49. The molecule has 3 aliphatic rings. The fraction of sp³-hybridized carbons (Fsp3) is 0.0500. The van der Waals surface area contributed by atoms with Crippen molar-refractivity contribution in [2.45, 2.75) is 13.1 Å². The fourth-order valence-electron chi connectivity index (χ4n) is 8.06. The molecule has 44 heavy (non-hydrogen) atoms. The van der Waals surface area contributed by atoms with Crippen LogP contribution in [0.4, 0.5) is 34.1 Å². The third-order valence-electron chi connectivity index (χ3n) is 9.85. The molecule has 0 saturated heterocycles. The van der Waals surface area contributed by atoms with Gasteiger partial charge in [0.25, 0.3) is 0 Å². The molecule has 0 amide bonds. The van der Waals surface area contributed by atoms with Crippen molar-refractivity contribution >= 4 is 70.6 Å². The topological polar surface area (TPSA) is 6.48 Å². The predicted molar refractivity (Wildman–Crippen MR) is 190 cm³/mol. The van der Waals surface area contributed by atoms with Crippen molar-refractivity contribution in [3.05, 3.63) is 168 Å². The number of hydrogen-bond donors (Lipinski definition) is 0. The van der Waals surface area contributed by atoms with Crippen LogP contribution in [0.3, 0.4) is 0 Å². The largest absolute Gasteiger partial charge is 0.311 e. The molecule has 3 heterocycles. The summed E-state index contributed by atoms with van der Waals surface area (Å²) in [4.78, 5) is 4.88. The summed E-state index contributed by atoms with van der Waals surface area (Å²) in [6.45, 7) is 5.38. The molecule has 6 aromatic carbocycles. The molecule has 3 aliphatic heterocycles. The summed E-state index contributed by atoms with van der Waals surface area (Å²) >= 11 is 0. The van der Waals surface area contributed by atoms with Gasteiger partial charge in [0, 0.05) is 34.1 Å². The van der Waals surface area contributed by atoms with Crippen molar-refractivity contribution in [3.8, 4) is 0 Å². The molecule has 0 atom stereocenters. The number of nitrogens with zero attached hydrogens (tertiary/aromatic N) is 2. The van der Waals surface area contributed by atoms with Crippen LogP contribution in [-0.2, 0) is 0 Å². The van der Waals surface area contributed by atoms with E-state index in [-0.39, 0.29) is 6.71 Å². The highest BCUT2D eigenvalue weighted by atomic mass is 28.3. The Morgan fingerprint density at radius 1 is 0.545 bits per heavy atom. The number of para-hydroxylation sites is 3. The molecule has 9 rings (SSSR count). The van der Waals surface area contributed by atoms with Crippen molar-refractivity contribution in [1.82, 2.24) is 0 Å². The minimum atomic E-state index is -1.92. The summed E-state index contributed by atoms with van der Waals surface area (Å²) in [5.74, 6) is 0. The second-order valence-electron chi connectivity index (χ2n) is 12.6. The second-order valence-corrected chi connectivity index (χ2v) is 16.9. The van der Waals surface area contributed by atoms with Gasteiger partial charge in [-0.05, 0) is 87.4 Å². The van der Waals surface area contributed by atoms with Gasteiger partial charge in [-0.1, -0.05) is 115 Å². The Hall–Kier alpha value is -5.06. The van der Waals surface area contributed by atoms with Crippen LogP contribution in [0, 0.1) is 0 Å². The summed E-state index contributed by atoms with van der Waals surface area (Å²) in [6, 6.07) is 55.7. The maximum absolute atomic E-state index is 2.56. The molecular formula is C40H31BN2Si. The lowest BCUT2D eigenvalue weighted by molar-refractivity contribution is 1.25. The van der Waals surface area contributed by atoms with E-state index in [1.807, 2.05) is 0 Å². The zero-order chi connectivity index (χ0) is 29.4. The van der Waals surface area contributed by atoms with Gasteiger partial charge in [-0.2, -0.15) is 0 Å². The zero-order valence-electron chi connectivity index (χ0n) is 24.9. The Labute approximate surface area is 260 Å². The summed E-state index contributed by atoms with van der Waals surface area (Å²) in [5.41, 5.74) is 14.4. The minimum absolute atomic E-state index is 0.260. The van der Waals surface area contributed by atoms with Crippen LogP contribution in [0.1, 0.15) is 11.1 Å². The first kappa shape index (κ1) is 25.4. The van der Waals surface area contributed by atoms with Crippen molar-refractivity contribution in [1.29, 1.82) is 0 Å². The molecule has 0 bridgehead atoms. The van der Waals surface area contributed by atoms with Crippen molar-refractivity contribution in [3.63, 3.8) is 0 Å². The molecular weight excluding hydrogens is 547 g/mol. The third-order valence-corrected chi connectivity index (χ3v) is 13.5. The average Bonchev–Trinajstić information content (AvgIpc) is 3.55.